The lowest BCUT2D eigenvalue weighted by Gasteiger charge is -2.19. The van der Waals surface area contributed by atoms with Gasteiger partial charge in [0.25, 0.3) is 0 Å². The quantitative estimate of drug-likeness (QED) is 0.817. The zero-order chi connectivity index (χ0) is 16.0. The van der Waals surface area contributed by atoms with Crippen LogP contribution >= 0.6 is 0 Å². The van der Waals surface area contributed by atoms with Crippen LogP contribution in [0.1, 0.15) is 18.5 Å². The first-order valence-corrected chi connectivity index (χ1v) is 6.48. The molecule has 0 fully saturated rings. The van der Waals surface area contributed by atoms with Crippen LogP contribution in [0.3, 0.4) is 0 Å². The Balaban J connectivity index is 2.52. The summed E-state index contributed by atoms with van der Waals surface area (Å²) in [6, 6.07) is 3.26. The highest BCUT2D eigenvalue weighted by atomic mass is 19.2. The van der Waals surface area contributed by atoms with Crippen molar-refractivity contribution in [3.63, 3.8) is 0 Å². The van der Waals surface area contributed by atoms with Crippen LogP contribution < -0.4 is 10.6 Å². The third-order valence-electron chi connectivity index (χ3n) is 3.09. The van der Waals surface area contributed by atoms with Crippen molar-refractivity contribution in [2.24, 2.45) is 0 Å². The molecule has 0 radical (unpaired) electrons. The summed E-state index contributed by atoms with van der Waals surface area (Å²) < 4.78 is 26.0. The Kier molecular flexibility index (Phi) is 6.23. The van der Waals surface area contributed by atoms with E-state index in [4.69, 9.17) is 0 Å². The summed E-state index contributed by atoms with van der Waals surface area (Å²) >= 11 is 0. The zero-order valence-electron chi connectivity index (χ0n) is 12.2. The third kappa shape index (κ3) is 5.11. The second-order valence-corrected chi connectivity index (χ2v) is 4.70. The molecular weight excluding hydrogens is 280 g/mol. The maximum Gasteiger partial charge on any atom is 0.239 e. The average Bonchev–Trinajstić information content (AvgIpc) is 2.46. The molecule has 0 saturated carbocycles. The van der Waals surface area contributed by atoms with E-state index in [0.717, 1.165) is 12.1 Å². The molecule has 116 valence electrons. The van der Waals surface area contributed by atoms with Crippen molar-refractivity contribution < 1.29 is 18.4 Å². The predicted octanol–water partition coefficient (Wildman–Crippen LogP) is 0.820. The molecule has 7 heteroatoms. The SMILES string of the molecule is CNC(=O)CN(C)C(=O)CN[C@@H](C)c1ccc(F)c(F)c1. The van der Waals surface area contributed by atoms with Crippen LogP contribution in [0.25, 0.3) is 0 Å². The number of likely N-dealkylation sites (N-methyl/N-ethyl adjacent to an activating group) is 2. The van der Waals surface area contributed by atoms with Crippen LogP contribution in [0.5, 0.6) is 0 Å². The number of carbonyl (C=O) groups excluding carboxylic acids is 2. The predicted molar refractivity (Wildman–Crippen MR) is 74.5 cm³/mol. The Morgan fingerprint density at radius 1 is 1.29 bits per heavy atom. The Morgan fingerprint density at radius 2 is 1.95 bits per heavy atom. The van der Waals surface area contributed by atoms with E-state index in [1.165, 1.54) is 25.1 Å². The number of carbonyl (C=O) groups is 2. The molecule has 0 aromatic heterocycles. The topological polar surface area (TPSA) is 61.4 Å². The molecule has 0 aliphatic carbocycles. The van der Waals surface area contributed by atoms with Crippen LogP contribution in [0, 0.1) is 11.6 Å². The fourth-order valence-corrected chi connectivity index (χ4v) is 1.66. The number of nitrogens with one attached hydrogen (secondary N) is 2. The fraction of sp³-hybridized carbons (Fsp3) is 0.429. The van der Waals surface area contributed by atoms with E-state index in [1.807, 2.05) is 0 Å². The van der Waals surface area contributed by atoms with Crippen molar-refractivity contribution in [3.8, 4) is 0 Å². The number of hydrogen-bond donors (Lipinski definition) is 2. The number of amides is 2. The van der Waals surface area contributed by atoms with Crippen molar-refractivity contribution in [1.82, 2.24) is 15.5 Å². The highest BCUT2D eigenvalue weighted by Crippen LogP contribution is 2.15. The Labute approximate surface area is 122 Å². The van der Waals surface area contributed by atoms with Crippen molar-refractivity contribution in [2.75, 3.05) is 27.2 Å². The largest absolute Gasteiger partial charge is 0.358 e. The molecule has 1 aromatic rings. The third-order valence-corrected chi connectivity index (χ3v) is 3.09. The molecule has 0 saturated heterocycles. The summed E-state index contributed by atoms with van der Waals surface area (Å²) in [7, 11) is 3.01. The van der Waals surface area contributed by atoms with Gasteiger partial charge < -0.3 is 15.5 Å². The fourth-order valence-electron chi connectivity index (χ4n) is 1.66. The number of hydrogen-bond acceptors (Lipinski definition) is 3. The lowest BCUT2D eigenvalue weighted by atomic mass is 10.1. The molecule has 0 aliphatic heterocycles. The molecule has 21 heavy (non-hydrogen) atoms. The molecule has 0 unspecified atom stereocenters. The number of nitrogens with zero attached hydrogens (tertiary/aromatic N) is 1. The molecular formula is C14H19F2N3O2. The summed E-state index contributed by atoms with van der Waals surface area (Å²) in [5.41, 5.74) is 0.538. The molecule has 1 atom stereocenters. The van der Waals surface area contributed by atoms with Crippen LogP contribution in [0.2, 0.25) is 0 Å². The highest BCUT2D eigenvalue weighted by Gasteiger charge is 2.14. The Hall–Kier alpha value is -2.02. The van der Waals surface area contributed by atoms with Crippen molar-refractivity contribution in [1.29, 1.82) is 0 Å². The minimum atomic E-state index is -0.927. The first-order chi connectivity index (χ1) is 9.85. The summed E-state index contributed by atoms with van der Waals surface area (Å²) in [6.07, 6.45) is 0. The Morgan fingerprint density at radius 3 is 2.52 bits per heavy atom. The van der Waals surface area contributed by atoms with E-state index in [-0.39, 0.29) is 30.9 Å². The molecule has 0 aliphatic rings. The number of halogens is 2. The molecule has 0 heterocycles. The summed E-state index contributed by atoms with van der Waals surface area (Å²) in [4.78, 5) is 24.2. The normalized spacial score (nSPS) is 11.9. The first kappa shape index (κ1) is 17.0. The monoisotopic (exact) mass is 299 g/mol. The summed E-state index contributed by atoms with van der Waals surface area (Å²) in [5.74, 6) is -2.37. The van der Waals surface area contributed by atoms with E-state index in [1.54, 1.807) is 6.92 Å². The van der Waals surface area contributed by atoms with Crippen molar-refractivity contribution >= 4 is 11.8 Å². The maximum atomic E-state index is 13.1. The molecule has 2 amide bonds. The molecule has 5 nitrogen and oxygen atoms in total. The van der Waals surface area contributed by atoms with Gasteiger partial charge in [-0.25, -0.2) is 8.78 Å². The van der Waals surface area contributed by atoms with E-state index in [9.17, 15) is 18.4 Å². The summed E-state index contributed by atoms with van der Waals surface area (Å²) in [6.45, 7) is 1.70. The van der Waals surface area contributed by atoms with Gasteiger partial charge in [0.2, 0.25) is 11.8 Å². The number of benzene rings is 1. The van der Waals surface area contributed by atoms with E-state index >= 15 is 0 Å². The average molecular weight is 299 g/mol. The van der Waals surface area contributed by atoms with Gasteiger partial charge in [-0.3, -0.25) is 9.59 Å². The molecule has 1 rings (SSSR count). The van der Waals surface area contributed by atoms with Gasteiger partial charge in [-0.2, -0.15) is 0 Å². The van der Waals surface area contributed by atoms with Crippen LogP contribution in [0.4, 0.5) is 8.78 Å². The maximum absolute atomic E-state index is 13.1. The van der Waals surface area contributed by atoms with Crippen LogP contribution in [-0.2, 0) is 9.59 Å². The molecule has 1 aromatic carbocycles. The molecule has 0 spiro atoms. The van der Waals surface area contributed by atoms with Gasteiger partial charge in [0.05, 0.1) is 13.1 Å². The smallest absolute Gasteiger partial charge is 0.239 e. The van der Waals surface area contributed by atoms with Gasteiger partial charge in [0, 0.05) is 20.1 Å². The van der Waals surface area contributed by atoms with Crippen LogP contribution in [0.15, 0.2) is 18.2 Å². The van der Waals surface area contributed by atoms with Gasteiger partial charge in [0.1, 0.15) is 0 Å². The zero-order valence-corrected chi connectivity index (χ0v) is 12.2. The van der Waals surface area contributed by atoms with Crippen molar-refractivity contribution in [3.05, 3.63) is 35.4 Å². The van der Waals surface area contributed by atoms with Crippen LogP contribution in [-0.4, -0.2) is 43.9 Å². The lowest BCUT2D eigenvalue weighted by Crippen LogP contribution is -2.41. The standard InChI is InChI=1S/C14H19F2N3O2/c1-9(10-4-5-11(15)12(16)6-10)18-7-14(21)19(3)8-13(20)17-2/h4-6,9,18H,7-8H2,1-3H3,(H,17,20)/t9-/m0/s1. The minimum Gasteiger partial charge on any atom is -0.358 e. The molecule has 2 N–H and O–H groups in total. The van der Waals surface area contributed by atoms with Crippen molar-refractivity contribution in [2.45, 2.75) is 13.0 Å². The lowest BCUT2D eigenvalue weighted by molar-refractivity contribution is -0.133. The first-order valence-electron chi connectivity index (χ1n) is 6.48. The van der Waals surface area contributed by atoms with E-state index in [2.05, 4.69) is 10.6 Å². The second kappa shape index (κ2) is 7.68. The summed E-state index contributed by atoms with van der Waals surface area (Å²) in [5, 5.41) is 5.33. The highest BCUT2D eigenvalue weighted by molar-refractivity contribution is 5.85. The minimum absolute atomic E-state index is 0.00629. The second-order valence-electron chi connectivity index (χ2n) is 4.70. The van der Waals surface area contributed by atoms with E-state index in [0.29, 0.717) is 5.56 Å². The van der Waals surface area contributed by atoms with Gasteiger partial charge >= 0.3 is 0 Å². The van der Waals surface area contributed by atoms with Gasteiger partial charge in [-0.05, 0) is 24.6 Å². The Bertz CT molecular complexity index is 523. The van der Waals surface area contributed by atoms with Gasteiger partial charge in [-0.1, -0.05) is 6.07 Å². The van der Waals surface area contributed by atoms with Gasteiger partial charge in [0.15, 0.2) is 11.6 Å². The van der Waals surface area contributed by atoms with E-state index < -0.39 is 11.6 Å². The molecule has 0 bridgehead atoms. The van der Waals surface area contributed by atoms with Gasteiger partial charge in [-0.15, -0.1) is 0 Å². The number of rotatable bonds is 6.